The molecule has 0 atom stereocenters. The van der Waals surface area contributed by atoms with Gasteiger partial charge in [0, 0.05) is 30.7 Å². The van der Waals surface area contributed by atoms with Gasteiger partial charge in [-0.3, -0.25) is 4.79 Å². The van der Waals surface area contributed by atoms with Gasteiger partial charge in [0.1, 0.15) is 0 Å². The lowest BCUT2D eigenvalue weighted by Crippen LogP contribution is -2.27. The van der Waals surface area contributed by atoms with Crippen LogP contribution in [0, 0.1) is 6.92 Å². The molecule has 0 unspecified atom stereocenters. The predicted octanol–water partition coefficient (Wildman–Crippen LogP) is 3.54. The first-order valence-corrected chi connectivity index (χ1v) is 10.0. The number of hydrogen-bond acceptors (Lipinski definition) is 5. The van der Waals surface area contributed by atoms with Gasteiger partial charge in [-0.15, -0.1) is 0 Å². The number of hydrogen-bond donors (Lipinski definition) is 1. The smallest absolute Gasteiger partial charge is 0.371 e. The van der Waals surface area contributed by atoms with Crippen LogP contribution in [-0.4, -0.2) is 37.9 Å². The number of carbonyl (C=O) groups is 1. The number of rotatable bonds is 4. The van der Waals surface area contributed by atoms with Crippen molar-refractivity contribution in [3.8, 4) is 0 Å². The summed E-state index contributed by atoms with van der Waals surface area (Å²) in [5.74, 6) is -0.982. The van der Waals surface area contributed by atoms with E-state index in [2.05, 4.69) is 15.2 Å². The molecule has 0 spiro atoms. The van der Waals surface area contributed by atoms with Gasteiger partial charge >= 0.3 is 5.51 Å². The van der Waals surface area contributed by atoms with E-state index in [1.165, 1.54) is 6.07 Å². The molecule has 0 saturated carbocycles. The van der Waals surface area contributed by atoms with Gasteiger partial charge in [0.05, 0.1) is 5.56 Å². The molecule has 1 fully saturated rings. The molecular weight excluding hydrogens is 395 g/mol. The summed E-state index contributed by atoms with van der Waals surface area (Å²) in [4.78, 5) is 18.0. The highest BCUT2D eigenvalue weighted by atomic mass is 32.2. The highest BCUT2D eigenvalue weighted by Gasteiger charge is 2.49. The third-order valence-corrected chi connectivity index (χ3v) is 5.92. The van der Waals surface area contributed by atoms with Crippen molar-refractivity contribution in [2.45, 2.75) is 30.3 Å². The molecule has 1 amide bonds. The first kappa shape index (κ1) is 20.1. The zero-order valence-electron chi connectivity index (χ0n) is 15.0. The average Bonchev–Trinajstić information content (AvgIpc) is 3.15. The van der Waals surface area contributed by atoms with Crippen molar-refractivity contribution in [2.24, 2.45) is 0 Å². The molecule has 1 aromatic heterocycles. The van der Waals surface area contributed by atoms with Crippen LogP contribution in [0.1, 0.15) is 28.8 Å². The summed E-state index contributed by atoms with van der Waals surface area (Å²) < 4.78 is 62.0. The van der Waals surface area contributed by atoms with Crippen molar-refractivity contribution in [1.82, 2.24) is 4.98 Å². The number of anilines is 2. The Morgan fingerprint density at radius 2 is 1.86 bits per heavy atom. The van der Waals surface area contributed by atoms with E-state index in [1.54, 1.807) is 12.1 Å². The van der Waals surface area contributed by atoms with Crippen LogP contribution in [0.25, 0.3) is 0 Å². The van der Waals surface area contributed by atoms with E-state index in [4.69, 9.17) is 0 Å². The molecule has 150 valence electrons. The van der Waals surface area contributed by atoms with Gasteiger partial charge in [0.25, 0.3) is 15.7 Å². The van der Waals surface area contributed by atoms with Crippen LogP contribution in [0.2, 0.25) is 0 Å². The minimum absolute atomic E-state index is 0.352. The number of nitrogens with one attached hydrogen (secondary N) is 1. The van der Waals surface area contributed by atoms with Crippen LogP contribution in [0.3, 0.4) is 0 Å². The number of pyridine rings is 1. The number of nitrogens with zero attached hydrogens (tertiary/aromatic N) is 2. The fourth-order valence-electron chi connectivity index (χ4n) is 3.13. The summed E-state index contributed by atoms with van der Waals surface area (Å²) in [5, 5.41) is 1.14. The molecule has 1 aromatic carbocycles. The molecule has 10 heteroatoms. The summed E-state index contributed by atoms with van der Waals surface area (Å²) in [6.45, 7) is 3.76. The van der Waals surface area contributed by atoms with Crippen LogP contribution < -0.4 is 10.2 Å². The average molecular weight is 413 g/mol. The summed E-state index contributed by atoms with van der Waals surface area (Å²) >= 11 is 0. The Labute approximate surface area is 160 Å². The van der Waals surface area contributed by atoms with Crippen LogP contribution in [0.4, 0.5) is 24.5 Å². The fraction of sp³-hybridized carbons (Fsp3) is 0.333. The van der Waals surface area contributed by atoms with E-state index >= 15 is 0 Å². The molecule has 28 heavy (non-hydrogen) atoms. The van der Waals surface area contributed by atoms with Gasteiger partial charge in [0.15, 0.2) is 5.03 Å². The molecule has 3 rings (SSSR count). The summed E-state index contributed by atoms with van der Waals surface area (Å²) in [7, 11) is -5.75. The predicted molar refractivity (Wildman–Crippen MR) is 98.1 cm³/mol. The Morgan fingerprint density at radius 3 is 2.46 bits per heavy atom. The Hall–Kier alpha value is -2.62. The number of amides is 1. The highest BCUT2D eigenvalue weighted by Crippen LogP contribution is 2.31. The first-order valence-electron chi connectivity index (χ1n) is 8.54. The number of aryl methyl sites for hydroxylation is 1. The lowest BCUT2D eigenvalue weighted by Gasteiger charge is -2.20. The number of sulfone groups is 1. The maximum absolute atomic E-state index is 12.9. The number of halogens is 3. The van der Waals surface area contributed by atoms with Crippen LogP contribution >= 0.6 is 0 Å². The van der Waals surface area contributed by atoms with E-state index < -0.39 is 31.8 Å². The second-order valence-electron chi connectivity index (χ2n) is 6.45. The molecule has 0 radical (unpaired) electrons. The molecule has 1 aliphatic rings. The van der Waals surface area contributed by atoms with Crippen molar-refractivity contribution >= 4 is 27.1 Å². The summed E-state index contributed by atoms with van der Waals surface area (Å²) in [6, 6.07) is 7.35. The van der Waals surface area contributed by atoms with Crippen molar-refractivity contribution in [2.75, 3.05) is 23.3 Å². The second kappa shape index (κ2) is 7.42. The minimum Gasteiger partial charge on any atom is -0.371 e. The van der Waals surface area contributed by atoms with E-state index in [1.807, 2.05) is 13.0 Å². The quantitative estimate of drug-likeness (QED) is 0.830. The van der Waals surface area contributed by atoms with Gasteiger partial charge in [-0.05, 0) is 55.7 Å². The van der Waals surface area contributed by atoms with Crippen LogP contribution in [-0.2, 0) is 9.84 Å². The van der Waals surface area contributed by atoms with Gasteiger partial charge in [-0.2, -0.15) is 13.2 Å². The van der Waals surface area contributed by atoms with Crippen LogP contribution in [0.5, 0.6) is 0 Å². The topological polar surface area (TPSA) is 79.4 Å². The maximum atomic E-state index is 12.9. The highest BCUT2D eigenvalue weighted by molar-refractivity contribution is 7.92. The molecule has 0 aliphatic carbocycles. The van der Waals surface area contributed by atoms with E-state index in [0.29, 0.717) is 5.69 Å². The summed E-state index contributed by atoms with van der Waals surface area (Å²) in [6.07, 6.45) is 3.11. The van der Waals surface area contributed by atoms with E-state index in [-0.39, 0.29) is 0 Å². The van der Waals surface area contributed by atoms with E-state index in [0.717, 1.165) is 49.4 Å². The Bertz CT molecular complexity index is 1000. The third kappa shape index (κ3) is 3.82. The molecule has 1 saturated heterocycles. The zero-order valence-corrected chi connectivity index (χ0v) is 15.8. The third-order valence-electron chi connectivity index (χ3n) is 4.48. The van der Waals surface area contributed by atoms with Crippen LogP contribution in [0.15, 0.2) is 41.6 Å². The fourth-order valence-corrected chi connectivity index (χ4v) is 4.00. The normalized spacial score (nSPS) is 14.9. The first-order chi connectivity index (χ1) is 13.1. The minimum atomic E-state index is -5.75. The van der Waals surface area contributed by atoms with Gasteiger partial charge in [-0.25, -0.2) is 13.4 Å². The molecular formula is C18H18F3N3O3S. The largest absolute Gasteiger partial charge is 0.503 e. The Balaban J connectivity index is 1.88. The van der Waals surface area contributed by atoms with Crippen molar-refractivity contribution < 1.29 is 26.4 Å². The Kier molecular flexibility index (Phi) is 5.33. The lowest BCUT2D eigenvalue weighted by molar-refractivity contribution is -0.0438. The molecule has 2 aromatic rings. The van der Waals surface area contributed by atoms with Gasteiger partial charge in [-0.1, -0.05) is 0 Å². The zero-order chi connectivity index (χ0) is 20.5. The summed E-state index contributed by atoms with van der Waals surface area (Å²) in [5.41, 5.74) is -3.94. The standard InChI is InChI=1S/C18H18F3N3O3S/c1-12-11-13(6-7-15(12)24-9-2-3-10-24)23-16(25)14-5-4-8-22-17(14)28(26,27)18(19,20)21/h4-8,11H,2-3,9-10H2,1H3,(H,23,25). The lowest BCUT2D eigenvalue weighted by atomic mass is 10.1. The van der Waals surface area contributed by atoms with Crippen molar-refractivity contribution in [3.05, 3.63) is 47.7 Å². The maximum Gasteiger partial charge on any atom is 0.503 e. The molecule has 2 heterocycles. The molecule has 1 N–H and O–H groups in total. The van der Waals surface area contributed by atoms with Gasteiger partial charge < -0.3 is 10.2 Å². The molecule has 6 nitrogen and oxygen atoms in total. The monoisotopic (exact) mass is 413 g/mol. The second-order valence-corrected chi connectivity index (χ2v) is 8.31. The Morgan fingerprint density at radius 1 is 1.18 bits per heavy atom. The van der Waals surface area contributed by atoms with Crippen molar-refractivity contribution in [1.29, 1.82) is 0 Å². The molecule has 1 aliphatic heterocycles. The number of aromatic nitrogens is 1. The van der Waals surface area contributed by atoms with E-state index in [9.17, 15) is 26.4 Å². The van der Waals surface area contributed by atoms with Gasteiger partial charge in [0.2, 0.25) is 0 Å². The number of benzene rings is 1. The number of alkyl halides is 3. The SMILES string of the molecule is Cc1cc(NC(=O)c2cccnc2S(=O)(=O)C(F)(F)F)ccc1N1CCCC1. The van der Waals surface area contributed by atoms with Crippen molar-refractivity contribution in [3.63, 3.8) is 0 Å². The molecule has 0 bridgehead atoms. The number of carbonyl (C=O) groups excluding carboxylic acids is 1.